The highest BCUT2D eigenvalue weighted by atomic mass is 16.5. The Hall–Kier alpha value is -1.14. The molecule has 1 aromatic carbocycles. The maximum atomic E-state index is 9.93. The average molecular weight is 309 g/mol. The minimum atomic E-state index is -0.718. The van der Waals surface area contributed by atoms with E-state index in [1.54, 1.807) is 0 Å². The predicted octanol–water partition coefficient (Wildman–Crippen LogP) is 0.635. The molecule has 0 amide bonds. The van der Waals surface area contributed by atoms with Crippen LogP contribution in [0.3, 0.4) is 0 Å². The van der Waals surface area contributed by atoms with Gasteiger partial charge in [-0.2, -0.15) is 0 Å². The SMILES string of the molecule is CC(C)(C)NCC(O)COc1ccc2c(c1)C[C@H](O)[C@H](O)C2. The van der Waals surface area contributed by atoms with E-state index in [-0.39, 0.29) is 12.1 Å². The van der Waals surface area contributed by atoms with Gasteiger partial charge in [-0.05, 0) is 44.0 Å². The molecule has 3 atom stereocenters. The molecular formula is C17H27NO4. The summed E-state index contributed by atoms with van der Waals surface area (Å²) in [5, 5.41) is 32.6. The van der Waals surface area contributed by atoms with Gasteiger partial charge in [-0.25, -0.2) is 0 Å². The van der Waals surface area contributed by atoms with Crippen molar-refractivity contribution in [2.75, 3.05) is 13.2 Å². The zero-order chi connectivity index (χ0) is 16.3. The quantitative estimate of drug-likeness (QED) is 0.641. The van der Waals surface area contributed by atoms with Crippen molar-refractivity contribution in [2.24, 2.45) is 0 Å². The van der Waals surface area contributed by atoms with E-state index in [0.29, 0.717) is 25.1 Å². The van der Waals surface area contributed by atoms with Crippen LogP contribution in [-0.2, 0) is 12.8 Å². The largest absolute Gasteiger partial charge is 0.491 e. The number of hydrogen-bond donors (Lipinski definition) is 4. The van der Waals surface area contributed by atoms with Crippen LogP contribution >= 0.6 is 0 Å². The zero-order valence-electron chi connectivity index (χ0n) is 13.5. The molecule has 1 aliphatic carbocycles. The fourth-order valence-corrected chi connectivity index (χ4v) is 2.48. The molecule has 0 radical (unpaired) electrons. The molecule has 5 nitrogen and oxygen atoms in total. The third kappa shape index (κ3) is 4.95. The monoisotopic (exact) mass is 309 g/mol. The van der Waals surface area contributed by atoms with Gasteiger partial charge in [0.15, 0.2) is 0 Å². The molecule has 124 valence electrons. The molecule has 0 spiro atoms. The highest BCUT2D eigenvalue weighted by molar-refractivity contribution is 5.38. The minimum Gasteiger partial charge on any atom is -0.491 e. The lowest BCUT2D eigenvalue weighted by atomic mass is 9.88. The Morgan fingerprint density at radius 2 is 1.82 bits per heavy atom. The summed E-state index contributed by atoms with van der Waals surface area (Å²) in [4.78, 5) is 0. The second-order valence-electron chi connectivity index (χ2n) is 7.07. The van der Waals surface area contributed by atoms with Gasteiger partial charge in [-0.15, -0.1) is 0 Å². The molecule has 0 saturated heterocycles. The summed E-state index contributed by atoms with van der Waals surface area (Å²) in [6, 6.07) is 5.64. The number of hydrogen-bond acceptors (Lipinski definition) is 5. The molecule has 1 aromatic rings. The summed E-state index contributed by atoms with van der Waals surface area (Å²) in [5.41, 5.74) is 2.00. The van der Waals surface area contributed by atoms with Crippen LogP contribution in [0.2, 0.25) is 0 Å². The molecule has 4 N–H and O–H groups in total. The molecule has 0 bridgehead atoms. The van der Waals surface area contributed by atoms with Gasteiger partial charge < -0.3 is 25.4 Å². The Balaban J connectivity index is 1.88. The Labute approximate surface area is 131 Å². The van der Waals surface area contributed by atoms with Gasteiger partial charge >= 0.3 is 0 Å². The number of ether oxygens (including phenoxy) is 1. The first-order valence-electron chi connectivity index (χ1n) is 7.78. The molecule has 1 unspecified atom stereocenters. The van der Waals surface area contributed by atoms with Crippen molar-refractivity contribution in [2.45, 2.75) is 57.5 Å². The second kappa shape index (κ2) is 6.96. The van der Waals surface area contributed by atoms with Crippen molar-refractivity contribution in [3.8, 4) is 5.75 Å². The van der Waals surface area contributed by atoms with Crippen molar-refractivity contribution >= 4 is 0 Å². The van der Waals surface area contributed by atoms with Gasteiger partial charge in [0.25, 0.3) is 0 Å². The molecule has 0 saturated carbocycles. The predicted molar refractivity (Wildman–Crippen MR) is 85.1 cm³/mol. The number of nitrogens with one attached hydrogen (secondary N) is 1. The molecule has 0 aromatic heterocycles. The maximum Gasteiger partial charge on any atom is 0.119 e. The van der Waals surface area contributed by atoms with Crippen LogP contribution in [0.25, 0.3) is 0 Å². The van der Waals surface area contributed by atoms with Gasteiger partial charge in [0.2, 0.25) is 0 Å². The van der Waals surface area contributed by atoms with E-state index >= 15 is 0 Å². The van der Waals surface area contributed by atoms with E-state index in [2.05, 4.69) is 5.32 Å². The summed E-state index contributed by atoms with van der Waals surface area (Å²) >= 11 is 0. The third-order valence-electron chi connectivity index (χ3n) is 3.79. The first-order chi connectivity index (χ1) is 10.2. The van der Waals surface area contributed by atoms with Gasteiger partial charge in [0, 0.05) is 24.9 Å². The van der Waals surface area contributed by atoms with Crippen LogP contribution in [0.4, 0.5) is 0 Å². The van der Waals surface area contributed by atoms with Crippen LogP contribution < -0.4 is 10.1 Å². The van der Waals surface area contributed by atoms with Crippen LogP contribution in [0, 0.1) is 0 Å². The Morgan fingerprint density at radius 3 is 2.45 bits per heavy atom. The Kier molecular flexibility index (Phi) is 5.45. The first-order valence-corrected chi connectivity index (χ1v) is 7.78. The van der Waals surface area contributed by atoms with Crippen molar-refractivity contribution in [3.05, 3.63) is 29.3 Å². The highest BCUT2D eigenvalue weighted by Crippen LogP contribution is 2.26. The number of benzene rings is 1. The first kappa shape index (κ1) is 17.2. The maximum absolute atomic E-state index is 9.93. The average Bonchev–Trinajstić information content (AvgIpc) is 2.43. The van der Waals surface area contributed by atoms with E-state index in [1.807, 2.05) is 39.0 Å². The fraction of sp³-hybridized carbons (Fsp3) is 0.647. The van der Waals surface area contributed by atoms with Crippen LogP contribution in [0.1, 0.15) is 31.9 Å². The van der Waals surface area contributed by atoms with E-state index in [0.717, 1.165) is 11.1 Å². The topological polar surface area (TPSA) is 82.0 Å². The van der Waals surface area contributed by atoms with E-state index < -0.39 is 18.3 Å². The summed E-state index contributed by atoms with van der Waals surface area (Å²) in [5.74, 6) is 0.678. The molecule has 0 fully saturated rings. The second-order valence-corrected chi connectivity index (χ2v) is 7.07. The summed E-state index contributed by atoms with van der Waals surface area (Å²) in [6.45, 7) is 6.82. The normalized spacial score (nSPS) is 23.0. The van der Waals surface area contributed by atoms with Crippen LogP contribution in [-0.4, -0.2) is 52.3 Å². The van der Waals surface area contributed by atoms with Gasteiger partial charge in [0.05, 0.1) is 12.2 Å². The Morgan fingerprint density at radius 1 is 1.18 bits per heavy atom. The summed E-state index contributed by atoms with van der Waals surface area (Å²) < 4.78 is 5.63. The lowest BCUT2D eigenvalue weighted by Gasteiger charge is -2.26. The fourth-order valence-electron chi connectivity index (χ4n) is 2.48. The van der Waals surface area contributed by atoms with Crippen LogP contribution in [0.5, 0.6) is 5.75 Å². The molecule has 2 rings (SSSR count). The number of β-amino-alcohol motifs (C(OH)–C–C–N with tert-alkyl or cyclic N) is 1. The van der Waals surface area contributed by atoms with Crippen molar-refractivity contribution in [1.29, 1.82) is 0 Å². The van der Waals surface area contributed by atoms with Crippen molar-refractivity contribution in [3.63, 3.8) is 0 Å². The van der Waals surface area contributed by atoms with Gasteiger partial charge in [-0.1, -0.05) is 6.07 Å². The number of rotatable bonds is 5. The standard InChI is InChI=1S/C17H27NO4/c1-17(2,3)18-9-13(19)10-22-14-5-4-11-7-15(20)16(21)8-12(11)6-14/h4-6,13,15-16,18-21H,7-10H2,1-3H3/t13?,15-,16+/m1/s1. The molecule has 0 aliphatic heterocycles. The van der Waals surface area contributed by atoms with Crippen LogP contribution in [0.15, 0.2) is 18.2 Å². The van der Waals surface area contributed by atoms with Crippen molar-refractivity contribution < 1.29 is 20.1 Å². The zero-order valence-corrected chi connectivity index (χ0v) is 13.5. The minimum absolute atomic E-state index is 0.0379. The molecular weight excluding hydrogens is 282 g/mol. The molecule has 1 aliphatic rings. The smallest absolute Gasteiger partial charge is 0.119 e. The summed E-state index contributed by atoms with van der Waals surface area (Å²) in [6.07, 6.45) is -1.09. The van der Waals surface area contributed by atoms with E-state index in [1.165, 1.54) is 0 Å². The number of aliphatic hydroxyl groups is 3. The van der Waals surface area contributed by atoms with Crippen molar-refractivity contribution in [1.82, 2.24) is 5.32 Å². The highest BCUT2D eigenvalue weighted by Gasteiger charge is 2.25. The summed E-state index contributed by atoms with van der Waals surface area (Å²) in [7, 11) is 0. The molecule has 22 heavy (non-hydrogen) atoms. The van der Waals surface area contributed by atoms with Gasteiger partial charge in [-0.3, -0.25) is 0 Å². The molecule has 5 heteroatoms. The molecule has 0 heterocycles. The lowest BCUT2D eigenvalue weighted by Crippen LogP contribution is -2.42. The van der Waals surface area contributed by atoms with E-state index in [4.69, 9.17) is 4.74 Å². The number of fused-ring (bicyclic) bond motifs is 1. The third-order valence-corrected chi connectivity index (χ3v) is 3.79. The lowest BCUT2D eigenvalue weighted by molar-refractivity contribution is 0.0140. The number of aliphatic hydroxyl groups excluding tert-OH is 3. The van der Waals surface area contributed by atoms with Gasteiger partial charge in [0.1, 0.15) is 18.5 Å². The van der Waals surface area contributed by atoms with E-state index in [9.17, 15) is 15.3 Å². The Bertz CT molecular complexity index is 498.